The number of rotatable bonds is 4. The lowest BCUT2D eigenvalue weighted by Gasteiger charge is -2.36. The van der Waals surface area contributed by atoms with Crippen LogP contribution in [-0.2, 0) is 11.3 Å². The zero-order valence-electron chi connectivity index (χ0n) is 15.7. The average molecular weight is 372 g/mol. The van der Waals surface area contributed by atoms with Gasteiger partial charge in [0.15, 0.2) is 0 Å². The highest BCUT2D eigenvalue weighted by Crippen LogP contribution is 2.19. The first-order valence-electron chi connectivity index (χ1n) is 9.19. The van der Waals surface area contributed by atoms with E-state index in [-0.39, 0.29) is 29.8 Å². The highest BCUT2D eigenvalue weighted by atomic mass is 16.2. The summed E-state index contributed by atoms with van der Waals surface area (Å²) >= 11 is 0. The van der Waals surface area contributed by atoms with E-state index in [0.717, 1.165) is 4.57 Å². The second kappa shape index (κ2) is 7.38. The molecule has 8 heteroatoms. The van der Waals surface area contributed by atoms with Crippen LogP contribution in [-0.4, -0.2) is 45.4 Å². The smallest absolute Gasteiger partial charge is 0.328 e. The molecule has 27 heavy (non-hydrogen) atoms. The lowest BCUT2D eigenvalue weighted by atomic mass is 9.99. The maximum absolute atomic E-state index is 13.0. The molecule has 2 heterocycles. The quantitative estimate of drug-likeness (QED) is 0.824. The number of carbonyl (C=O) groups excluding carboxylic acids is 2. The van der Waals surface area contributed by atoms with Gasteiger partial charge in [0.25, 0.3) is 11.5 Å². The van der Waals surface area contributed by atoms with Crippen molar-refractivity contribution in [2.24, 2.45) is 5.92 Å². The zero-order chi connectivity index (χ0) is 19.7. The minimum atomic E-state index is -0.519. The van der Waals surface area contributed by atoms with Gasteiger partial charge in [-0.25, -0.2) is 4.79 Å². The maximum Gasteiger partial charge on any atom is 0.328 e. The number of fused-ring (bicyclic) bond motifs is 1. The topological polar surface area (TPSA) is 104 Å². The highest BCUT2D eigenvalue weighted by Gasteiger charge is 2.33. The van der Waals surface area contributed by atoms with Crippen LogP contribution in [0.15, 0.2) is 27.8 Å². The zero-order valence-corrected chi connectivity index (χ0v) is 15.7. The van der Waals surface area contributed by atoms with Crippen molar-refractivity contribution in [1.82, 2.24) is 19.8 Å². The third-order valence-electron chi connectivity index (χ3n) is 4.83. The Hall–Kier alpha value is -2.90. The van der Waals surface area contributed by atoms with E-state index in [1.54, 1.807) is 24.0 Å². The van der Waals surface area contributed by atoms with E-state index in [0.29, 0.717) is 36.0 Å². The molecule has 2 N–H and O–H groups in total. The van der Waals surface area contributed by atoms with Gasteiger partial charge in [-0.15, -0.1) is 0 Å². The number of hydrogen-bond acceptors (Lipinski definition) is 4. The highest BCUT2D eigenvalue weighted by molar-refractivity contribution is 6.00. The van der Waals surface area contributed by atoms with Crippen molar-refractivity contribution < 1.29 is 9.59 Å². The van der Waals surface area contributed by atoms with Crippen LogP contribution >= 0.6 is 0 Å². The Morgan fingerprint density at radius 2 is 2.00 bits per heavy atom. The summed E-state index contributed by atoms with van der Waals surface area (Å²) in [5.41, 5.74) is -0.224. The van der Waals surface area contributed by atoms with E-state index in [1.807, 2.05) is 13.8 Å². The van der Waals surface area contributed by atoms with Crippen LogP contribution in [0.3, 0.4) is 0 Å². The van der Waals surface area contributed by atoms with Crippen molar-refractivity contribution in [1.29, 1.82) is 0 Å². The van der Waals surface area contributed by atoms with E-state index in [9.17, 15) is 19.2 Å². The summed E-state index contributed by atoms with van der Waals surface area (Å²) in [5.74, 6) is -0.170. The number of benzene rings is 1. The molecule has 1 aromatic heterocycles. The van der Waals surface area contributed by atoms with E-state index in [4.69, 9.17) is 0 Å². The predicted molar refractivity (Wildman–Crippen MR) is 102 cm³/mol. The molecule has 1 atom stereocenters. The van der Waals surface area contributed by atoms with Gasteiger partial charge in [-0.2, -0.15) is 0 Å². The summed E-state index contributed by atoms with van der Waals surface area (Å²) in [4.78, 5) is 53.9. The number of H-pyrrole nitrogens is 1. The molecular formula is C19H24N4O4. The Kier molecular flexibility index (Phi) is 5.16. The molecule has 1 aromatic carbocycles. The van der Waals surface area contributed by atoms with Gasteiger partial charge in [0.05, 0.1) is 10.9 Å². The van der Waals surface area contributed by atoms with E-state index in [2.05, 4.69) is 10.3 Å². The van der Waals surface area contributed by atoms with Gasteiger partial charge < -0.3 is 15.2 Å². The molecule has 2 aromatic rings. The lowest BCUT2D eigenvalue weighted by molar-refractivity contribution is -0.128. The molecule has 1 fully saturated rings. The molecule has 1 saturated heterocycles. The second-order valence-corrected chi connectivity index (χ2v) is 7.17. The molecule has 3 rings (SSSR count). The molecule has 0 spiro atoms. The Bertz CT molecular complexity index is 1000. The number of aromatic nitrogens is 2. The summed E-state index contributed by atoms with van der Waals surface area (Å²) in [6.07, 6.45) is 0.573. The summed E-state index contributed by atoms with van der Waals surface area (Å²) in [6.45, 7) is 6.83. The number of nitrogens with zero attached hydrogens (tertiary/aromatic N) is 2. The van der Waals surface area contributed by atoms with Crippen LogP contribution in [0.1, 0.15) is 37.6 Å². The minimum Gasteiger partial charge on any atom is -0.353 e. The Morgan fingerprint density at radius 3 is 2.67 bits per heavy atom. The molecule has 0 bridgehead atoms. The number of hydrogen-bond donors (Lipinski definition) is 2. The van der Waals surface area contributed by atoms with Crippen LogP contribution in [0.25, 0.3) is 10.9 Å². The van der Waals surface area contributed by atoms with Gasteiger partial charge in [0.2, 0.25) is 5.91 Å². The van der Waals surface area contributed by atoms with Crippen molar-refractivity contribution in [3.05, 3.63) is 44.6 Å². The maximum atomic E-state index is 13.0. The van der Waals surface area contributed by atoms with E-state index < -0.39 is 11.7 Å². The molecule has 1 unspecified atom stereocenters. The predicted octanol–water partition coefficient (Wildman–Crippen LogP) is 0.696. The number of nitrogens with one attached hydrogen (secondary N) is 2. The molecule has 0 aliphatic carbocycles. The molecule has 0 saturated carbocycles. The van der Waals surface area contributed by atoms with Gasteiger partial charge in [-0.3, -0.25) is 19.0 Å². The average Bonchev–Trinajstić information content (AvgIpc) is 2.62. The van der Waals surface area contributed by atoms with Crippen molar-refractivity contribution in [3.8, 4) is 0 Å². The van der Waals surface area contributed by atoms with Crippen LogP contribution in [0.4, 0.5) is 0 Å². The molecule has 8 nitrogen and oxygen atoms in total. The third-order valence-corrected chi connectivity index (χ3v) is 4.83. The van der Waals surface area contributed by atoms with Gasteiger partial charge in [0, 0.05) is 25.2 Å². The Balaban J connectivity index is 2.01. The van der Waals surface area contributed by atoms with E-state index in [1.165, 1.54) is 6.07 Å². The summed E-state index contributed by atoms with van der Waals surface area (Å²) in [5, 5.41) is 3.16. The van der Waals surface area contributed by atoms with Crippen molar-refractivity contribution in [2.45, 2.75) is 39.8 Å². The number of aromatic amines is 1. The van der Waals surface area contributed by atoms with Gasteiger partial charge in [-0.05, 0) is 37.5 Å². The molecule has 0 radical (unpaired) electrons. The first-order chi connectivity index (χ1) is 12.8. The second-order valence-electron chi connectivity index (χ2n) is 7.17. The summed E-state index contributed by atoms with van der Waals surface area (Å²) < 4.78 is 1.11. The van der Waals surface area contributed by atoms with Crippen LogP contribution < -0.4 is 16.6 Å². The first kappa shape index (κ1) is 18.9. The molecule has 1 aliphatic heterocycles. The Morgan fingerprint density at radius 1 is 1.26 bits per heavy atom. The monoisotopic (exact) mass is 372 g/mol. The van der Waals surface area contributed by atoms with Crippen molar-refractivity contribution in [3.63, 3.8) is 0 Å². The van der Waals surface area contributed by atoms with Gasteiger partial charge in [0.1, 0.15) is 6.04 Å². The standard InChI is InChI=1S/C19H24N4O4/c1-4-22-18(26)13-6-5-12(10-14(13)21-19(22)27)17(25)23-8-7-20-16(24)15(23)9-11(2)3/h5-6,10-11,15H,4,7-9H2,1-3H3,(H,20,24)(H,21,27). The SMILES string of the molecule is CCn1c(=O)[nH]c2cc(C(=O)N3CCNC(=O)C3CC(C)C)ccc2c1=O. The third kappa shape index (κ3) is 3.51. The number of carbonyl (C=O) groups is 2. The van der Waals surface area contributed by atoms with Crippen molar-refractivity contribution >= 4 is 22.7 Å². The summed E-state index contributed by atoms with van der Waals surface area (Å²) in [7, 11) is 0. The van der Waals surface area contributed by atoms with Gasteiger partial charge >= 0.3 is 5.69 Å². The molecular weight excluding hydrogens is 348 g/mol. The lowest BCUT2D eigenvalue weighted by Crippen LogP contribution is -2.57. The normalized spacial score (nSPS) is 17.4. The fourth-order valence-corrected chi connectivity index (χ4v) is 3.48. The molecule has 144 valence electrons. The molecule has 2 amide bonds. The van der Waals surface area contributed by atoms with Crippen LogP contribution in [0.2, 0.25) is 0 Å². The number of amides is 2. The largest absolute Gasteiger partial charge is 0.353 e. The van der Waals surface area contributed by atoms with Crippen LogP contribution in [0.5, 0.6) is 0 Å². The van der Waals surface area contributed by atoms with E-state index >= 15 is 0 Å². The Labute approximate surface area is 156 Å². The van der Waals surface area contributed by atoms with Crippen molar-refractivity contribution in [2.75, 3.05) is 13.1 Å². The fraction of sp³-hybridized carbons (Fsp3) is 0.474. The first-order valence-corrected chi connectivity index (χ1v) is 9.19. The number of piperazine rings is 1. The fourth-order valence-electron chi connectivity index (χ4n) is 3.48. The van der Waals surface area contributed by atoms with Crippen LogP contribution in [0, 0.1) is 5.92 Å². The minimum absolute atomic E-state index is 0.150. The van der Waals surface area contributed by atoms with Gasteiger partial charge in [-0.1, -0.05) is 13.8 Å². The molecule has 1 aliphatic rings. The summed E-state index contributed by atoms with van der Waals surface area (Å²) in [6, 6.07) is 4.12.